The molecular formula is C24H22ClFN4O2. The fraction of sp³-hybridized carbons (Fsp3) is 0.208. The predicted octanol–water partition coefficient (Wildman–Crippen LogP) is 5.32. The second-order valence-electron chi connectivity index (χ2n) is 7.20. The van der Waals surface area contributed by atoms with E-state index in [1.54, 1.807) is 25.1 Å². The molecule has 0 aliphatic carbocycles. The lowest BCUT2D eigenvalue weighted by molar-refractivity contribution is 0.0514. The van der Waals surface area contributed by atoms with E-state index in [1.165, 1.54) is 18.5 Å². The molecule has 8 heteroatoms. The average Bonchev–Trinajstić information content (AvgIpc) is 3.07. The molecule has 2 aromatic heterocycles. The summed E-state index contributed by atoms with van der Waals surface area (Å²) in [5.74, 6) is -0.109. The highest BCUT2D eigenvalue weighted by atomic mass is 35.5. The van der Waals surface area contributed by atoms with Crippen LogP contribution in [0.5, 0.6) is 0 Å². The van der Waals surface area contributed by atoms with Crippen molar-refractivity contribution in [3.63, 3.8) is 0 Å². The smallest absolute Gasteiger partial charge is 0.355 e. The number of hydrogen-bond acceptors (Lipinski definition) is 5. The van der Waals surface area contributed by atoms with Gasteiger partial charge in [-0.1, -0.05) is 29.8 Å². The molecule has 164 valence electrons. The maximum Gasteiger partial charge on any atom is 0.355 e. The van der Waals surface area contributed by atoms with Gasteiger partial charge >= 0.3 is 5.97 Å². The molecule has 0 spiro atoms. The van der Waals surface area contributed by atoms with Gasteiger partial charge in [0.1, 0.15) is 28.8 Å². The molecule has 0 N–H and O–H groups in total. The summed E-state index contributed by atoms with van der Waals surface area (Å²) in [5, 5.41) is 1.29. The molecule has 2 heterocycles. The van der Waals surface area contributed by atoms with Crippen LogP contribution in [0.15, 0.2) is 60.9 Å². The van der Waals surface area contributed by atoms with Crippen LogP contribution >= 0.6 is 11.6 Å². The van der Waals surface area contributed by atoms with E-state index in [-0.39, 0.29) is 11.8 Å². The number of esters is 1. The minimum atomic E-state index is -0.361. The number of carbonyl (C=O) groups is 1. The summed E-state index contributed by atoms with van der Waals surface area (Å²) in [6.45, 7) is 2.55. The molecule has 4 rings (SSSR count). The minimum Gasteiger partial charge on any atom is -0.461 e. The van der Waals surface area contributed by atoms with E-state index < -0.39 is 0 Å². The summed E-state index contributed by atoms with van der Waals surface area (Å²) in [5.41, 5.74) is 3.10. The van der Waals surface area contributed by atoms with Gasteiger partial charge in [0.2, 0.25) is 0 Å². The largest absolute Gasteiger partial charge is 0.461 e. The number of anilines is 2. The minimum absolute atomic E-state index is 0.293. The molecule has 0 radical (unpaired) electrons. The number of hydrogen-bond donors (Lipinski definition) is 0. The van der Waals surface area contributed by atoms with Crippen molar-refractivity contribution in [2.75, 3.05) is 18.1 Å². The number of para-hydroxylation sites is 1. The maximum absolute atomic E-state index is 13.5. The van der Waals surface area contributed by atoms with Crippen LogP contribution in [0, 0.1) is 5.82 Å². The molecule has 0 fully saturated rings. The quantitative estimate of drug-likeness (QED) is 0.280. The van der Waals surface area contributed by atoms with Gasteiger partial charge < -0.3 is 14.2 Å². The zero-order valence-corrected chi connectivity index (χ0v) is 18.5. The lowest BCUT2D eigenvalue weighted by Crippen LogP contribution is -2.22. The molecule has 0 saturated carbocycles. The summed E-state index contributed by atoms with van der Waals surface area (Å²) in [7, 11) is 1.86. The Morgan fingerprint density at radius 1 is 1.16 bits per heavy atom. The molecule has 0 unspecified atom stereocenters. The van der Waals surface area contributed by atoms with Gasteiger partial charge in [-0.15, -0.1) is 0 Å². The van der Waals surface area contributed by atoms with E-state index in [4.69, 9.17) is 16.3 Å². The molecular weight excluding hydrogens is 431 g/mol. The van der Waals surface area contributed by atoms with E-state index in [9.17, 15) is 9.18 Å². The third kappa shape index (κ3) is 4.29. The zero-order valence-electron chi connectivity index (χ0n) is 17.8. The zero-order chi connectivity index (χ0) is 22.7. The molecule has 0 bridgehead atoms. The van der Waals surface area contributed by atoms with Gasteiger partial charge in [-0.05, 0) is 49.2 Å². The highest BCUT2D eigenvalue weighted by Crippen LogP contribution is 2.30. The lowest BCUT2D eigenvalue weighted by atomic mass is 10.1. The van der Waals surface area contributed by atoms with Crippen molar-refractivity contribution in [3.05, 3.63) is 83.2 Å². The van der Waals surface area contributed by atoms with Crippen LogP contribution in [0.1, 0.15) is 23.0 Å². The number of fused-ring (bicyclic) bond motifs is 1. The van der Waals surface area contributed by atoms with E-state index in [0.717, 1.165) is 22.2 Å². The highest BCUT2D eigenvalue weighted by molar-refractivity contribution is 6.29. The van der Waals surface area contributed by atoms with Gasteiger partial charge in [0.05, 0.1) is 6.61 Å². The van der Waals surface area contributed by atoms with Gasteiger partial charge in [-0.2, -0.15) is 0 Å². The van der Waals surface area contributed by atoms with Crippen LogP contribution in [0.2, 0.25) is 5.15 Å². The van der Waals surface area contributed by atoms with Crippen LogP contribution in [-0.2, 0) is 18.2 Å². The van der Waals surface area contributed by atoms with Gasteiger partial charge in [0, 0.05) is 36.2 Å². The second-order valence-corrected chi connectivity index (χ2v) is 7.59. The number of ether oxygens (including phenoxy) is 1. The van der Waals surface area contributed by atoms with Crippen molar-refractivity contribution < 1.29 is 13.9 Å². The Morgan fingerprint density at radius 2 is 1.91 bits per heavy atom. The van der Waals surface area contributed by atoms with Crippen molar-refractivity contribution in [1.29, 1.82) is 0 Å². The van der Waals surface area contributed by atoms with E-state index in [2.05, 4.69) is 9.97 Å². The third-order valence-electron chi connectivity index (χ3n) is 5.30. The normalized spacial score (nSPS) is 11.0. The number of rotatable bonds is 7. The number of carbonyl (C=O) groups excluding carboxylic acids is 1. The summed E-state index contributed by atoms with van der Waals surface area (Å²) in [6, 6.07) is 15.7. The maximum atomic E-state index is 13.5. The van der Waals surface area contributed by atoms with Crippen LogP contribution in [-0.4, -0.2) is 33.7 Å². The van der Waals surface area contributed by atoms with Crippen LogP contribution in [0.3, 0.4) is 0 Å². The van der Waals surface area contributed by atoms with Gasteiger partial charge in [-0.25, -0.2) is 19.2 Å². The van der Waals surface area contributed by atoms with Crippen molar-refractivity contribution in [2.45, 2.75) is 13.3 Å². The van der Waals surface area contributed by atoms with Crippen molar-refractivity contribution in [2.24, 2.45) is 7.05 Å². The number of halogens is 2. The average molecular weight is 453 g/mol. The Labute approximate surface area is 190 Å². The van der Waals surface area contributed by atoms with E-state index in [1.807, 2.05) is 40.8 Å². The van der Waals surface area contributed by atoms with Gasteiger partial charge in [-0.3, -0.25) is 0 Å². The first-order valence-corrected chi connectivity index (χ1v) is 10.6. The summed E-state index contributed by atoms with van der Waals surface area (Å²) in [6.07, 6.45) is 1.91. The summed E-state index contributed by atoms with van der Waals surface area (Å²) >= 11 is 6.10. The standard InChI is InChI=1S/C24H22ClFN4O2/c1-3-32-24(31)23-19(18-6-4-5-7-20(18)29(23)2)12-13-30(17-10-8-16(26)9-11-17)22-14-21(25)27-15-28-22/h4-11,14-15H,3,12-13H2,1-2H3. The molecule has 2 aromatic carbocycles. The second kappa shape index (κ2) is 9.36. The molecule has 0 aliphatic rings. The Balaban J connectivity index is 1.76. The molecule has 6 nitrogen and oxygen atoms in total. The van der Waals surface area contributed by atoms with Crippen LogP contribution in [0.4, 0.5) is 15.9 Å². The van der Waals surface area contributed by atoms with Crippen molar-refractivity contribution in [3.8, 4) is 0 Å². The predicted molar refractivity (Wildman–Crippen MR) is 123 cm³/mol. The Hall–Kier alpha value is -3.45. The molecule has 4 aromatic rings. The molecule has 0 aliphatic heterocycles. The summed E-state index contributed by atoms with van der Waals surface area (Å²) in [4.78, 5) is 23.0. The fourth-order valence-corrected chi connectivity index (χ4v) is 4.02. The van der Waals surface area contributed by atoms with E-state index in [0.29, 0.717) is 36.2 Å². The van der Waals surface area contributed by atoms with Gasteiger partial charge in [0.25, 0.3) is 0 Å². The molecule has 32 heavy (non-hydrogen) atoms. The Kier molecular flexibility index (Phi) is 6.37. The number of aromatic nitrogens is 3. The highest BCUT2D eigenvalue weighted by Gasteiger charge is 2.23. The molecule has 0 atom stereocenters. The topological polar surface area (TPSA) is 60.2 Å². The number of nitrogens with zero attached hydrogens (tertiary/aromatic N) is 4. The number of aryl methyl sites for hydroxylation is 1. The number of benzene rings is 2. The lowest BCUT2D eigenvalue weighted by Gasteiger charge is -2.24. The first-order chi connectivity index (χ1) is 15.5. The van der Waals surface area contributed by atoms with Gasteiger partial charge in [0.15, 0.2) is 0 Å². The van der Waals surface area contributed by atoms with Crippen LogP contribution < -0.4 is 4.90 Å². The summed E-state index contributed by atoms with van der Waals surface area (Å²) < 4.78 is 20.7. The molecule has 0 amide bonds. The molecule has 0 saturated heterocycles. The van der Waals surface area contributed by atoms with Crippen LogP contribution in [0.25, 0.3) is 10.9 Å². The Morgan fingerprint density at radius 3 is 2.62 bits per heavy atom. The van der Waals surface area contributed by atoms with Crippen molar-refractivity contribution in [1.82, 2.24) is 14.5 Å². The van der Waals surface area contributed by atoms with Crippen molar-refractivity contribution >= 4 is 40.0 Å². The first kappa shape index (κ1) is 21.8. The third-order valence-corrected chi connectivity index (χ3v) is 5.51. The SMILES string of the molecule is CCOC(=O)c1c(CCN(c2ccc(F)cc2)c2cc(Cl)ncn2)c2ccccc2n1C. The fourth-order valence-electron chi connectivity index (χ4n) is 3.88. The van der Waals surface area contributed by atoms with E-state index >= 15 is 0 Å². The first-order valence-electron chi connectivity index (χ1n) is 10.2. The monoisotopic (exact) mass is 452 g/mol. The Bertz CT molecular complexity index is 1260.